The molecule has 1 aliphatic rings. The van der Waals surface area contributed by atoms with Crippen LogP contribution >= 0.6 is 11.6 Å². The third kappa shape index (κ3) is 2.90. The fourth-order valence-corrected chi connectivity index (χ4v) is 3.09. The van der Waals surface area contributed by atoms with Gasteiger partial charge in [0.15, 0.2) is 5.15 Å². The van der Waals surface area contributed by atoms with Crippen LogP contribution in [0.5, 0.6) is 0 Å². The molecule has 3 aromatic rings. The van der Waals surface area contributed by atoms with E-state index in [9.17, 15) is 18.0 Å². The molecule has 5 nitrogen and oxygen atoms in total. The second-order valence-electron chi connectivity index (χ2n) is 6.13. The molecule has 26 heavy (non-hydrogen) atoms. The van der Waals surface area contributed by atoms with E-state index in [0.717, 1.165) is 12.8 Å². The molecule has 0 atom stereocenters. The lowest BCUT2D eigenvalue weighted by molar-refractivity contribution is 0.540. The maximum Gasteiger partial charge on any atom is 0.296 e. The van der Waals surface area contributed by atoms with Gasteiger partial charge in [-0.3, -0.25) is 4.79 Å². The van der Waals surface area contributed by atoms with Gasteiger partial charge in [-0.2, -0.15) is 5.10 Å². The second-order valence-corrected chi connectivity index (χ2v) is 6.49. The van der Waals surface area contributed by atoms with E-state index < -0.39 is 28.6 Å². The van der Waals surface area contributed by atoms with Gasteiger partial charge in [0.05, 0.1) is 11.3 Å². The smallest absolute Gasteiger partial charge is 0.296 e. The van der Waals surface area contributed by atoms with Crippen LogP contribution in [0, 0.1) is 23.4 Å². The Kier molecular flexibility index (Phi) is 4.07. The molecular formula is C17H12ClF3N4O. The first-order chi connectivity index (χ1) is 12.5. The Bertz CT molecular complexity index is 1020. The van der Waals surface area contributed by atoms with E-state index in [0.29, 0.717) is 12.1 Å². The minimum Gasteiger partial charge on any atom is -0.302 e. The maximum absolute atomic E-state index is 14.3. The largest absolute Gasteiger partial charge is 0.302 e. The van der Waals surface area contributed by atoms with Crippen molar-refractivity contribution in [3.8, 4) is 17.1 Å². The molecule has 9 heteroatoms. The molecule has 2 heterocycles. The Hall–Kier alpha value is -2.61. The average Bonchev–Trinajstić information content (AvgIpc) is 3.22. The molecule has 0 bridgehead atoms. The predicted molar refractivity (Wildman–Crippen MR) is 88.7 cm³/mol. The van der Waals surface area contributed by atoms with Crippen LogP contribution in [0.4, 0.5) is 13.2 Å². The quantitative estimate of drug-likeness (QED) is 0.695. The normalized spacial score (nSPS) is 14.0. The number of aromatic nitrogens is 4. The number of halogens is 4. The average molecular weight is 381 g/mol. The van der Waals surface area contributed by atoms with Crippen LogP contribution in [-0.2, 0) is 6.54 Å². The van der Waals surface area contributed by atoms with E-state index in [1.54, 1.807) is 6.07 Å². The summed E-state index contributed by atoms with van der Waals surface area (Å²) in [7, 11) is 0. The molecule has 1 aliphatic carbocycles. The molecule has 0 aliphatic heterocycles. The van der Waals surface area contributed by atoms with E-state index in [1.807, 2.05) is 0 Å². The number of benzene rings is 1. The minimum absolute atomic E-state index is 0.0765. The zero-order valence-corrected chi connectivity index (χ0v) is 14.1. The third-order valence-electron chi connectivity index (χ3n) is 4.21. The molecule has 4 rings (SSSR count). The molecule has 1 saturated carbocycles. The summed E-state index contributed by atoms with van der Waals surface area (Å²) in [6.07, 6.45) is 4.78. The first kappa shape index (κ1) is 16.8. The van der Waals surface area contributed by atoms with Crippen molar-refractivity contribution in [2.75, 3.05) is 0 Å². The van der Waals surface area contributed by atoms with Gasteiger partial charge in [0.1, 0.15) is 17.5 Å². The monoisotopic (exact) mass is 380 g/mol. The topological polar surface area (TPSA) is 52.7 Å². The van der Waals surface area contributed by atoms with Gasteiger partial charge in [0.25, 0.3) is 5.56 Å². The van der Waals surface area contributed by atoms with Crippen LogP contribution in [0.3, 0.4) is 0 Å². The van der Waals surface area contributed by atoms with Crippen LogP contribution in [0.15, 0.2) is 35.4 Å². The van der Waals surface area contributed by atoms with Crippen molar-refractivity contribution in [2.24, 2.45) is 5.92 Å². The van der Waals surface area contributed by atoms with Crippen molar-refractivity contribution < 1.29 is 13.2 Å². The third-order valence-corrected chi connectivity index (χ3v) is 4.47. The summed E-state index contributed by atoms with van der Waals surface area (Å²) in [4.78, 5) is 16.9. The Morgan fingerprint density at radius 3 is 2.46 bits per heavy atom. The highest BCUT2D eigenvalue weighted by Gasteiger charge is 2.29. The van der Waals surface area contributed by atoms with E-state index >= 15 is 0 Å². The Balaban J connectivity index is 2.00. The molecule has 0 radical (unpaired) electrons. The van der Waals surface area contributed by atoms with Gasteiger partial charge >= 0.3 is 0 Å². The Labute approximate surface area is 150 Å². The van der Waals surface area contributed by atoms with Crippen molar-refractivity contribution in [3.63, 3.8) is 0 Å². The van der Waals surface area contributed by atoms with Gasteiger partial charge in [0.2, 0.25) is 5.82 Å². The standard InChI is InChI=1S/C17H12ClF3N4O/c18-15-14(13-11(20)6-10(19)7-12(13)21)24(8-9-2-3-9)17(26)16(23-15)25-5-1-4-22-25/h1,4-7,9H,2-3,8H2. The second kappa shape index (κ2) is 6.28. The van der Waals surface area contributed by atoms with Gasteiger partial charge in [-0.25, -0.2) is 22.8 Å². The molecular weight excluding hydrogens is 369 g/mol. The van der Waals surface area contributed by atoms with Crippen LogP contribution in [0.25, 0.3) is 17.1 Å². The van der Waals surface area contributed by atoms with E-state index in [1.165, 1.54) is 21.6 Å². The summed E-state index contributed by atoms with van der Waals surface area (Å²) in [6, 6.07) is 2.69. The van der Waals surface area contributed by atoms with Crippen molar-refractivity contribution >= 4 is 11.6 Å². The van der Waals surface area contributed by atoms with Crippen molar-refractivity contribution in [3.05, 3.63) is 63.6 Å². The molecule has 1 fully saturated rings. The van der Waals surface area contributed by atoms with Crippen LogP contribution in [0.1, 0.15) is 12.8 Å². The van der Waals surface area contributed by atoms with E-state index in [-0.39, 0.29) is 29.1 Å². The lowest BCUT2D eigenvalue weighted by Crippen LogP contribution is -2.29. The SMILES string of the molecule is O=c1c(-n2cccn2)nc(Cl)c(-c2c(F)cc(F)cc2F)n1CC1CC1. The van der Waals surface area contributed by atoms with Crippen LogP contribution in [0.2, 0.25) is 5.15 Å². The van der Waals surface area contributed by atoms with Gasteiger partial charge in [-0.1, -0.05) is 11.6 Å². The zero-order chi connectivity index (χ0) is 18.4. The molecule has 0 N–H and O–H groups in total. The van der Waals surface area contributed by atoms with Crippen molar-refractivity contribution in [1.29, 1.82) is 0 Å². The number of nitrogens with zero attached hydrogens (tertiary/aromatic N) is 4. The molecule has 0 saturated heterocycles. The van der Waals surface area contributed by atoms with Gasteiger partial charge in [0, 0.05) is 31.1 Å². The lowest BCUT2D eigenvalue weighted by Gasteiger charge is -2.17. The van der Waals surface area contributed by atoms with Crippen LogP contribution in [-0.4, -0.2) is 19.3 Å². The zero-order valence-electron chi connectivity index (χ0n) is 13.3. The van der Waals surface area contributed by atoms with E-state index in [2.05, 4.69) is 10.1 Å². The fraction of sp³-hybridized carbons (Fsp3) is 0.235. The summed E-state index contributed by atoms with van der Waals surface area (Å²) < 4.78 is 44.3. The highest BCUT2D eigenvalue weighted by atomic mass is 35.5. The minimum atomic E-state index is -1.15. The summed E-state index contributed by atoms with van der Waals surface area (Å²) >= 11 is 6.21. The molecule has 0 unspecified atom stereocenters. The summed E-state index contributed by atoms with van der Waals surface area (Å²) in [6.45, 7) is 0.237. The summed E-state index contributed by atoms with van der Waals surface area (Å²) in [5.41, 5.74) is -1.36. The number of hydrogen-bond donors (Lipinski definition) is 0. The molecule has 0 amide bonds. The van der Waals surface area contributed by atoms with E-state index in [4.69, 9.17) is 11.6 Å². The highest BCUT2D eigenvalue weighted by Crippen LogP contribution is 2.35. The Morgan fingerprint density at radius 1 is 1.19 bits per heavy atom. The lowest BCUT2D eigenvalue weighted by atomic mass is 10.1. The highest BCUT2D eigenvalue weighted by molar-refractivity contribution is 6.31. The summed E-state index contributed by atoms with van der Waals surface area (Å²) in [5.74, 6) is -3.23. The number of rotatable bonds is 4. The maximum atomic E-state index is 14.3. The fourth-order valence-electron chi connectivity index (χ4n) is 2.81. The van der Waals surface area contributed by atoms with Gasteiger partial charge in [-0.15, -0.1) is 0 Å². The molecule has 134 valence electrons. The first-order valence-electron chi connectivity index (χ1n) is 7.91. The van der Waals surface area contributed by atoms with Gasteiger partial charge < -0.3 is 4.57 Å². The number of hydrogen-bond acceptors (Lipinski definition) is 3. The molecule has 1 aromatic carbocycles. The van der Waals surface area contributed by atoms with Crippen molar-refractivity contribution in [1.82, 2.24) is 19.3 Å². The van der Waals surface area contributed by atoms with Crippen molar-refractivity contribution in [2.45, 2.75) is 19.4 Å². The molecule has 0 spiro atoms. The first-order valence-corrected chi connectivity index (χ1v) is 8.28. The van der Waals surface area contributed by atoms with Gasteiger partial charge in [-0.05, 0) is 24.8 Å². The molecule has 2 aromatic heterocycles. The van der Waals surface area contributed by atoms with Crippen LogP contribution < -0.4 is 5.56 Å². The summed E-state index contributed by atoms with van der Waals surface area (Å²) in [5, 5.41) is 3.69. The Morgan fingerprint density at radius 2 is 1.88 bits per heavy atom. The predicted octanol–water partition coefficient (Wildman–Crippen LogP) is 3.58.